The number of nitrogens with zero attached hydrogens (tertiary/aromatic N) is 2. The van der Waals surface area contributed by atoms with E-state index in [9.17, 15) is 23.2 Å². The summed E-state index contributed by atoms with van der Waals surface area (Å²) in [6, 6.07) is 9.54. The quantitative estimate of drug-likeness (QED) is 0.758. The van der Waals surface area contributed by atoms with E-state index in [4.69, 9.17) is 11.6 Å². The van der Waals surface area contributed by atoms with Crippen molar-refractivity contribution in [3.63, 3.8) is 0 Å². The highest BCUT2D eigenvalue weighted by Gasteiger charge is 2.30. The Labute approximate surface area is 183 Å². The number of hydrogen-bond donors (Lipinski definition) is 1. The van der Waals surface area contributed by atoms with E-state index in [0.717, 1.165) is 12.1 Å². The molecule has 0 aliphatic carbocycles. The smallest absolute Gasteiger partial charge is 0.256 e. The second-order valence-electron chi connectivity index (χ2n) is 7.44. The number of benzene rings is 2. The van der Waals surface area contributed by atoms with Crippen molar-refractivity contribution in [3.05, 3.63) is 64.7 Å². The first-order chi connectivity index (χ1) is 14.7. The van der Waals surface area contributed by atoms with Crippen LogP contribution in [0.25, 0.3) is 0 Å². The van der Waals surface area contributed by atoms with Gasteiger partial charge in [-0.3, -0.25) is 14.4 Å². The first kappa shape index (κ1) is 22.7. The molecule has 1 heterocycles. The van der Waals surface area contributed by atoms with Gasteiger partial charge in [0, 0.05) is 42.8 Å². The van der Waals surface area contributed by atoms with Crippen LogP contribution in [0, 0.1) is 17.6 Å². The van der Waals surface area contributed by atoms with Crippen molar-refractivity contribution in [2.75, 3.05) is 32.0 Å². The van der Waals surface area contributed by atoms with E-state index in [1.165, 1.54) is 9.80 Å². The van der Waals surface area contributed by atoms with Crippen molar-refractivity contribution < 1.29 is 23.2 Å². The summed E-state index contributed by atoms with van der Waals surface area (Å²) >= 11 is 5.89. The van der Waals surface area contributed by atoms with Crippen LogP contribution in [0.4, 0.5) is 14.5 Å². The Hall–Kier alpha value is -3.00. The topological polar surface area (TPSA) is 69.7 Å². The highest BCUT2D eigenvalue weighted by Crippen LogP contribution is 2.22. The van der Waals surface area contributed by atoms with Gasteiger partial charge >= 0.3 is 0 Å². The SMILES string of the molecule is CN(CC(=O)Nc1cccc(Cl)c1)C(=O)C1CCN(C(=O)c2ccc(F)cc2F)CC1. The number of amides is 3. The monoisotopic (exact) mass is 449 g/mol. The lowest BCUT2D eigenvalue weighted by Crippen LogP contribution is -2.45. The molecule has 0 aromatic heterocycles. The molecule has 1 aliphatic rings. The standard InChI is InChI=1S/C22H22ClF2N3O3/c1-27(13-20(29)26-17-4-2-3-15(23)11-17)21(30)14-7-9-28(10-8-14)22(31)18-6-5-16(24)12-19(18)25/h2-6,11-12,14H,7-10,13H2,1H3,(H,26,29). The van der Waals surface area contributed by atoms with Gasteiger partial charge in [-0.15, -0.1) is 0 Å². The number of carbonyl (C=O) groups excluding carboxylic acids is 3. The van der Waals surface area contributed by atoms with E-state index in [-0.39, 0.29) is 42.9 Å². The Bertz CT molecular complexity index is 994. The van der Waals surface area contributed by atoms with Crippen LogP contribution in [-0.4, -0.2) is 54.2 Å². The molecule has 0 atom stereocenters. The second-order valence-corrected chi connectivity index (χ2v) is 7.88. The maximum atomic E-state index is 13.9. The molecule has 1 aliphatic heterocycles. The molecule has 3 amide bonds. The first-order valence-corrected chi connectivity index (χ1v) is 10.2. The third-order valence-corrected chi connectivity index (χ3v) is 5.39. The zero-order valence-electron chi connectivity index (χ0n) is 16.9. The molecule has 1 N–H and O–H groups in total. The molecule has 3 rings (SSSR count). The number of halogens is 3. The van der Waals surface area contributed by atoms with E-state index in [2.05, 4.69) is 5.32 Å². The fraction of sp³-hybridized carbons (Fsp3) is 0.318. The number of anilines is 1. The molecule has 31 heavy (non-hydrogen) atoms. The molecule has 2 aromatic carbocycles. The molecule has 0 unspecified atom stereocenters. The summed E-state index contributed by atoms with van der Waals surface area (Å²) in [6.07, 6.45) is 0.793. The summed E-state index contributed by atoms with van der Waals surface area (Å²) in [6.45, 7) is 0.425. The number of piperidine rings is 1. The maximum Gasteiger partial charge on any atom is 0.256 e. The van der Waals surface area contributed by atoms with Crippen LogP contribution in [0.3, 0.4) is 0 Å². The zero-order valence-corrected chi connectivity index (χ0v) is 17.7. The van der Waals surface area contributed by atoms with Gasteiger partial charge in [-0.05, 0) is 43.2 Å². The highest BCUT2D eigenvalue weighted by atomic mass is 35.5. The molecular formula is C22H22ClF2N3O3. The lowest BCUT2D eigenvalue weighted by molar-refractivity contribution is -0.138. The molecule has 1 fully saturated rings. The number of hydrogen-bond acceptors (Lipinski definition) is 3. The van der Waals surface area contributed by atoms with Gasteiger partial charge in [0.1, 0.15) is 11.6 Å². The van der Waals surface area contributed by atoms with Gasteiger partial charge in [-0.2, -0.15) is 0 Å². The minimum absolute atomic E-state index is 0.120. The van der Waals surface area contributed by atoms with Gasteiger partial charge in [0.15, 0.2) is 0 Å². The van der Waals surface area contributed by atoms with E-state index >= 15 is 0 Å². The minimum Gasteiger partial charge on any atom is -0.339 e. The summed E-state index contributed by atoms with van der Waals surface area (Å²) in [5.41, 5.74) is 0.346. The van der Waals surface area contributed by atoms with Gasteiger partial charge in [0.25, 0.3) is 5.91 Å². The van der Waals surface area contributed by atoms with Gasteiger partial charge in [-0.1, -0.05) is 17.7 Å². The predicted octanol–water partition coefficient (Wildman–Crippen LogP) is 3.57. The van der Waals surface area contributed by atoms with Crippen molar-refractivity contribution in [3.8, 4) is 0 Å². The number of likely N-dealkylation sites (N-methyl/N-ethyl adjacent to an activating group) is 1. The normalized spacial score (nSPS) is 14.3. The van der Waals surface area contributed by atoms with Crippen LogP contribution in [0.15, 0.2) is 42.5 Å². The highest BCUT2D eigenvalue weighted by molar-refractivity contribution is 6.30. The lowest BCUT2D eigenvalue weighted by Gasteiger charge is -2.33. The fourth-order valence-electron chi connectivity index (χ4n) is 3.53. The molecular weight excluding hydrogens is 428 g/mol. The van der Waals surface area contributed by atoms with Crippen LogP contribution in [0.2, 0.25) is 5.02 Å². The molecule has 0 bridgehead atoms. The van der Waals surface area contributed by atoms with E-state index in [1.807, 2.05) is 0 Å². The van der Waals surface area contributed by atoms with Gasteiger partial charge in [-0.25, -0.2) is 8.78 Å². The summed E-state index contributed by atoms with van der Waals surface area (Å²) in [7, 11) is 1.55. The summed E-state index contributed by atoms with van der Waals surface area (Å²) in [5.74, 6) is -3.07. The molecule has 0 radical (unpaired) electrons. The Morgan fingerprint density at radius 3 is 2.48 bits per heavy atom. The van der Waals surface area contributed by atoms with Crippen molar-refractivity contribution in [2.24, 2.45) is 5.92 Å². The molecule has 164 valence electrons. The number of rotatable bonds is 5. The van der Waals surface area contributed by atoms with Crippen molar-refractivity contribution in [1.82, 2.24) is 9.80 Å². The van der Waals surface area contributed by atoms with Crippen LogP contribution in [0.5, 0.6) is 0 Å². The average Bonchev–Trinajstić information content (AvgIpc) is 2.72. The van der Waals surface area contributed by atoms with Crippen molar-refractivity contribution >= 4 is 35.0 Å². The molecule has 0 saturated carbocycles. The van der Waals surface area contributed by atoms with E-state index in [1.54, 1.807) is 31.3 Å². The Morgan fingerprint density at radius 2 is 1.84 bits per heavy atom. The van der Waals surface area contributed by atoms with E-state index < -0.39 is 17.5 Å². The van der Waals surface area contributed by atoms with Crippen LogP contribution in [0.1, 0.15) is 23.2 Å². The Morgan fingerprint density at radius 1 is 1.13 bits per heavy atom. The maximum absolute atomic E-state index is 13.9. The lowest BCUT2D eigenvalue weighted by atomic mass is 9.95. The minimum atomic E-state index is -0.909. The second kappa shape index (κ2) is 9.87. The van der Waals surface area contributed by atoms with Gasteiger partial charge in [0.2, 0.25) is 11.8 Å². The molecule has 1 saturated heterocycles. The number of carbonyl (C=O) groups is 3. The molecule has 0 spiro atoms. The van der Waals surface area contributed by atoms with Gasteiger partial charge < -0.3 is 15.1 Å². The fourth-order valence-corrected chi connectivity index (χ4v) is 3.72. The number of likely N-dealkylation sites (tertiary alicyclic amines) is 1. The third-order valence-electron chi connectivity index (χ3n) is 5.16. The average molecular weight is 450 g/mol. The largest absolute Gasteiger partial charge is 0.339 e. The van der Waals surface area contributed by atoms with Crippen molar-refractivity contribution in [2.45, 2.75) is 12.8 Å². The predicted molar refractivity (Wildman–Crippen MR) is 113 cm³/mol. The van der Waals surface area contributed by atoms with Crippen molar-refractivity contribution in [1.29, 1.82) is 0 Å². The summed E-state index contributed by atoms with van der Waals surface area (Å²) < 4.78 is 26.9. The molecule has 9 heteroatoms. The van der Waals surface area contributed by atoms with Crippen LogP contribution >= 0.6 is 11.6 Å². The van der Waals surface area contributed by atoms with Gasteiger partial charge in [0.05, 0.1) is 12.1 Å². The zero-order chi connectivity index (χ0) is 22.5. The van der Waals surface area contributed by atoms with Crippen LogP contribution in [-0.2, 0) is 9.59 Å². The first-order valence-electron chi connectivity index (χ1n) is 9.79. The van der Waals surface area contributed by atoms with E-state index in [0.29, 0.717) is 29.6 Å². The summed E-state index contributed by atoms with van der Waals surface area (Å²) in [5, 5.41) is 3.18. The third kappa shape index (κ3) is 5.79. The Balaban J connectivity index is 1.51. The summed E-state index contributed by atoms with van der Waals surface area (Å²) in [4.78, 5) is 40.2. The Kier molecular flexibility index (Phi) is 7.22. The molecule has 2 aromatic rings. The molecule has 6 nitrogen and oxygen atoms in total. The number of nitrogens with one attached hydrogen (secondary N) is 1. The van der Waals surface area contributed by atoms with Crippen LogP contribution < -0.4 is 5.32 Å².